The molecule has 15 heavy (non-hydrogen) atoms. The van der Waals surface area contributed by atoms with Crippen molar-refractivity contribution in [3.05, 3.63) is 17.5 Å². The number of amides is 1. The predicted octanol–water partition coefficient (Wildman–Crippen LogP) is 0.183. The number of likely N-dealkylation sites (N-methyl/N-ethyl adjacent to an activating group) is 1. The molecule has 0 aliphatic rings. The fourth-order valence-corrected chi connectivity index (χ4v) is 1.50. The van der Waals surface area contributed by atoms with Gasteiger partial charge in [0.1, 0.15) is 5.69 Å². The molecule has 0 aliphatic carbocycles. The number of carbonyl (C=O) groups excluding carboxylic acids is 1. The molecule has 1 rings (SSSR count). The summed E-state index contributed by atoms with van der Waals surface area (Å²) in [5.74, 6) is -0.0883. The predicted molar refractivity (Wildman–Crippen MR) is 56.6 cm³/mol. The summed E-state index contributed by atoms with van der Waals surface area (Å²) in [7, 11) is 1.74. The van der Waals surface area contributed by atoms with Gasteiger partial charge >= 0.3 is 0 Å². The molecular formula is C10H17N3O2. The van der Waals surface area contributed by atoms with Gasteiger partial charge in [-0.2, -0.15) is 5.10 Å². The molecule has 0 atom stereocenters. The van der Waals surface area contributed by atoms with Crippen molar-refractivity contribution in [3.63, 3.8) is 0 Å². The van der Waals surface area contributed by atoms with Gasteiger partial charge < -0.3 is 10.0 Å². The molecule has 1 N–H and O–H groups in total. The summed E-state index contributed by atoms with van der Waals surface area (Å²) in [6, 6.07) is 1.75. The lowest BCUT2D eigenvalue weighted by molar-refractivity contribution is 0.0721. The first kappa shape index (κ1) is 11.7. The van der Waals surface area contributed by atoms with Gasteiger partial charge in [0.15, 0.2) is 0 Å². The molecule has 1 amide bonds. The van der Waals surface area contributed by atoms with Gasteiger partial charge in [0.05, 0.1) is 12.3 Å². The molecule has 84 valence electrons. The van der Waals surface area contributed by atoms with Gasteiger partial charge in [-0.25, -0.2) is 0 Å². The van der Waals surface area contributed by atoms with Gasteiger partial charge in [0.2, 0.25) is 0 Å². The van der Waals surface area contributed by atoms with E-state index in [4.69, 9.17) is 5.11 Å². The normalized spacial score (nSPS) is 10.4. The minimum atomic E-state index is -0.0883. The van der Waals surface area contributed by atoms with Crippen LogP contribution < -0.4 is 0 Å². The fourth-order valence-electron chi connectivity index (χ4n) is 1.50. The van der Waals surface area contributed by atoms with E-state index in [-0.39, 0.29) is 12.5 Å². The lowest BCUT2D eigenvalue weighted by Crippen LogP contribution is -2.34. The quantitative estimate of drug-likeness (QED) is 0.773. The Kier molecular flexibility index (Phi) is 3.85. The zero-order valence-electron chi connectivity index (χ0n) is 9.40. The average molecular weight is 211 g/mol. The Bertz CT molecular complexity index is 346. The number of aromatic nitrogens is 2. The highest BCUT2D eigenvalue weighted by atomic mass is 16.3. The molecular weight excluding hydrogens is 194 g/mol. The van der Waals surface area contributed by atoms with Crippen molar-refractivity contribution in [1.29, 1.82) is 0 Å². The number of rotatable bonds is 4. The second kappa shape index (κ2) is 4.93. The van der Waals surface area contributed by atoms with Crippen LogP contribution in [0.4, 0.5) is 0 Å². The average Bonchev–Trinajstić information content (AvgIpc) is 2.53. The summed E-state index contributed by atoms with van der Waals surface area (Å²) in [6.45, 7) is 4.66. The highest BCUT2D eigenvalue weighted by molar-refractivity contribution is 5.92. The molecule has 1 aromatic heterocycles. The molecule has 5 nitrogen and oxygen atoms in total. The lowest BCUT2D eigenvalue weighted by atomic mass is 10.3. The fraction of sp³-hybridized carbons (Fsp3) is 0.600. The number of hydrogen-bond acceptors (Lipinski definition) is 3. The van der Waals surface area contributed by atoms with Crippen molar-refractivity contribution in [1.82, 2.24) is 14.7 Å². The molecule has 0 fully saturated rings. The van der Waals surface area contributed by atoms with Gasteiger partial charge in [0.25, 0.3) is 5.91 Å². The second-order valence-electron chi connectivity index (χ2n) is 3.40. The van der Waals surface area contributed by atoms with Crippen LogP contribution >= 0.6 is 0 Å². The topological polar surface area (TPSA) is 58.4 Å². The van der Waals surface area contributed by atoms with E-state index >= 15 is 0 Å². The van der Waals surface area contributed by atoms with Gasteiger partial charge in [-0.15, -0.1) is 0 Å². The van der Waals surface area contributed by atoms with Gasteiger partial charge in [-0.1, -0.05) is 0 Å². The van der Waals surface area contributed by atoms with E-state index in [0.717, 1.165) is 5.69 Å². The minimum Gasteiger partial charge on any atom is -0.395 e. The van der Waals surface area contributed by atoms with Gasteiger partial charge in [-0.3, -0.25) is 9.48 Å². The van der Waals surface area contributed by atoms with Crippen molar-refractivity contribution >= 4 is 5.91 Å². The van der Waals surface area contributed by atoms with E-state index in [9.17, 15) is 4.79 Å². The Morgan fingerprint density at radius 1 is 1.67 bits per heavy atom. The lowest BCUT2D eigenvalue weighted by Gasteiger charge is -2.19. The van der Waals surface area contributed by atoms with E-state index in [2.05, 4.69) is 5.10 Å². The smallest absolute Gasteiger partial charge is 0.272 e. The van der Waals surface area contributed by atoms with E-state index in [1.165, 1.54) is 0 Å². The van der Waals surface area contributed by atoms with Crippen molar-refractivity contribution < 1.29 is 9.90 Å². The summed E-state index contributed by atoms with van der Waals surface area (Å²) in [6.07, 6.45) is 0. The van der Waals surface area contributed by atoms with E-state index in [1.807, 2.05) is 13.8 Å². The third-order valence-corrected chi connectivity index (χ3v) is 2.26. The maximum Gasteiger partial charge on any atom is 0.272 e. The zero-order chi connectivity index (χ0) is 11.4. The van der Waals surface area contributed by atoms with Crippen LogP contribution in [0.2, 0.25) is 0 Å². The van der Waals surface area contributed by atoms with Crippen LogP contribution in [0, 0.1) is 6.92 Å². The Balaban J connectivity index is 2.87. The largest absolute Gasteiger partial charge is 0.395 e. The molecule has 0 aliphatic heterocycles. The van der Waals surface area contributed by atoms with E-state index in [1.54, 1.807) is 22.7 Å². The van der Waals surface area contributed by atoms with Crippen molar-refractivity contribution in [2.45, 2.75) is 13.8 Å². The Labute approximate surface area is 89.3 Å². The first-order valence-electron chi connectivity index (χ1n) is 5.01. The zero-order valence-corrected chi connectivity index (χ0v) is 9.40. The molecule has 0 radical (unpaired) electrons. The minimum absolute atomic E-state index is 0.0174. The van der Waals surface area contributed by atoms with Crippen LogP contribution in [0.25, 0.3) is 0 Å². The molecule has 1 aromatic rings. The van der Waals surface area contributed by atoms with Crippen molar-refractivity contribution in [2.75, 3.05) is 19.7 Å². The van der Waals surface area contributed by atoms with E-state index < -0.39 is 0 Å². The maximum atomic E-state index is 12.0. The van der Waals surface area contributed by atoms with Gasteiger partial charge in [0, 0.05) is 20.1 Å². The maximum absolute atomic E-state index is 12.0. The molecule has 0 saturated carbocycles. The van der Waals surface area contributed by atoms with Crippen LogP contribution in [0.3, 0.4) is 0 Å². The highest BCUT2D eigenvalue weighted by Gasteiger charge is 2.17. The number of aliphatic hydroxyl groups excluding tert-OH is 1. The summed E-state index contributed by atoms with van der Waals surface area (Å²) >= 11 is 0. The van der Waals surface area contributed by atoms with E-state index in [0.29, 0.717) is 18.8 Å². The SMILES string of the molecule is CCN(CCO)C(=O)c1cc(C)nn1C. The third kappa shape index (κ3) is 2.56. The molecule has 0 aromatic carbocycles. The summed E-state index contributed by atoms with van der Waals surface area (Å²) < 4.78 is 1.57. The monoisotopic (exact) mass is 211 g/mol. The second-order valence-corrected chi connectivity index (χ2v) is 3.40. The van der Waals surface area contributed by atoms with Crippen LogP contribution in [-0.2, 0) is 7.05 Å². The molecule has 0 bridgehead atoms. The first-order chi connectivity index (χ1) is 7.10. The number of aryl methyl sites for hydroxylation is 2. The van der Waals surface area contributed by atoms with Crippen LogP contribution in [0.1, 0.15) is 23.1 Å². The molecule has 0 saturated heterocycles. The Morgan fingerprint density at radius 2 is 2.33 bits per heavy atom. The standard InChI is InChI=1S/C10H17N3O2/c1-4-13(5-6-14)10(15)9-7-8(2)11-12(9)3/h7,14H,4-6H2,1-3H3. The number of hydrogen-bond donors (Lipinski definition) is 1. The van der Waals surface area contributed by atoms with Crippen LogP contribution in [-0.4, -0.2) is 45.4 Å². The van der Waals surface area contributed by atoms with Gasteiger partial charge in [-0.05, 0) is 19.9 Å². The van der Waals surface area contributed by atoms with Crippen molar-refractivity contribution in [3.8, 4) is 0 Å². The highest BCUT2D eigenvalue weighted by Crippen LogP contribution is 2.06. The molecule has 0 spiro atoms. The Hall–Kier alpha value is -1.36. The van der Waals surface area contributed by atoms with Crippen LogP contribution in [0.15, 0.2) is 6.07 Å². The number of aliphatic hydroxyl groups is 1. The Morgan fingerprint density at radius 3 is 2.73 bits per heavy atom. The first-order valence-corrected chi connectivity index (χ1v) is 5.01. The molecule has 1 heterocycles. The third-order valence-electron chi connectivity index (χ3n) is 2.26. The summed E-state index contributed by atoms with van der Waals surface area (Å²) in [4.78, 5) is 13.5. The van der Waals surface area contributed by atoms with Crippen LogP contribution in [0.5, 0.6) is 0 Å². The number of carbonyl (C=O) groups is 1. The number of nitrogens with zero attached hydrogens (tertiary/aromatic N) is 3. The summed E-state index contributed by atoms with van der Waals surface area (Å²) in [5, 5.41) is 12.9. The summed E-state index contributed by atoms with van der Waals surface area (Å²) in [5.41, 5.74) is 1.38. The molecule has 0 unspecified atom stereocenters. The molecule has 5 heteroatoms. The van der Waals surface area contributed by atoms with Crippen molar-refractivity contribution in [2.24, 2.45) is 7.05 Å².